The molecular weight excluding hydrogens is 186 g/mol. The lowest BCUT2D eigenvalue weighted by molar-refractivity contribution is 0.185. The van der Waals surface area contributed by atoms with Crippen LogP contribution in [0.15, 0.2) is 0 Å². The zero-order chi connectivity index (χ0) is 9.52. The Morgan fingerprint density at radius 1 is 1.62 bits per heavy atom. The molecule has 2 nitrogen and oxygen atoms in total. The Labute approximate surface area is 86.0 Å². The molecule has 0 saturated carbocycles. The number of hydrogen-bond acceptors (Lipinski definition) is 2. The number of nitrogens with one attached hydrogen (secondary N) is 1. The van der Waals surface area contributed by atoms with Crippen LogP contribution in [0.2, 0.25) is 0 Å². The molecule has 0 spiro atoms. The first-order valence-corrected chi connectivity index (χ1v) is 5.65. The minimum atomic E-state index is 0.316. The second-order valence-electron chi connectivity index (χ2n) is 3.86. The van der Waals surface area contributed by atoms with E-state index in [0.29, 0.717) is 5.38 Å². The molecule has 2 unspecified atom stereocenters. The molecular formula is C10H20ClNO. The predicted octanol–water partition coefficient (Wildman–Crippen LogP) is 2.02. The van der Waals surface area contributed by atoms with Crippen LogP contribution in [0.3, 0.4) is 0 Å². The van der Waals surface area contributed by atoms with Crippen molar-refractivity contribution in [1.29, 1.82) is 0 Å². The van der Waals surface area contributed by atoms with E-state index in [1.54, 1.807) is 0 Å². The molecule has 3 heteroatoms. The van der Waals surface area contributed by atoms with Gasteiger partial charge in [0.25, 0.3) is 0 Å². The van der Waals surface area contributed by atoms with Crippen LogP contribution in [0.5, 0.6) is 0 Å². The summed E-state index contributed by atoms with van der Waals surface area (Å²) >= 11 is 5.84. The zero-order valence-corrected chi connectivity index (χ0v) is 9.15. The highest BCUT2D eigenvalue weighted by molar-refractivity contribution is 6.20. The van der Waals surface area contributed by atoms with Gasteiger partial charge in [0.05, 0.1) is 6.61 Å². The summed E-state index contributed by atoms with van der Waals surface area (Å²) in [7, 11) is 0. The van der Waals surface area contributed by atoms with Gasteiger partial charge in [-0.15, -0.1) is 11.6 Å². The van der Waals surface area contributed by atoms with Crippen molar-refractivity contribution in [2.45, 2.75) is 31.6 Å². The first kappa shape index (κ1) is 11.3. The SMILES string of the molecule is CC(Cl)CCCNCC1CCOC1. The molecule has 0 aromatic rings. The Balaban J connectivity index is 1.83. The summed E-state index contributed by atoms with van der Waals surface area (Å²) in [4.78, 5) is 0. The molecule has 0 amide bonds. The molecule has 0 aromatic heterocycles. The quantitative estimate of drug-likeness (QED) is 0.529. The highest BCUT2D eigenvalue weighted by Gasteiger charge is 2.14. The monoisotopic (exact) mass is 205 g/mol. The molecule has 13 heavy (non-hydrogen) atoms. The van der Waals surface area contributed by atoms with Crippen LogP contribution in [-0.4, -0.2) is 31.7 Å². The van der Waals surface area contributed by atoms with Gasteiger partial charge in [0.2, 0.25) is 0 Å². The standard InChI is InChI=1S/C10H20ClNO/c1-9(11)3-2-5-12-7-10-4-6-13-8-10/h9-10,12H,2-8H2,1H3. The van der Waals surface area contributed by atoms with Gasteiger partial charge in [0.1, 0.15) is 0 Å². The largest absolute Gasteiger partial charge is 0.381 e. The molecule has 78 valence electrons. The summed E-state index contributed by atoms with van der Waals surface area (Å²) in [6.07, 6.45) is 3.51. The number of halogens is 1. The van der Waals surface area contributed by atoms with Gasteiger partial charge in [-0.3, -0.25) is 0 Å². The lowest BCUT2D eigenvalue weighted by atomic mass is 10.1. The molecule has 1 saturated heterocycles. The smallest absolute Gasteiger partial charge is 0.0507 e. The van der Waals surface area contributed by atoms with E-state index in [4.69, 9.17) is 16.3 Å². The fourth-order valence-corrected chi connectivity index (χ4v) is 1.71. The molecule has 1 fully saturated rings. The Bertz CT molecular complexity index is 124. The molecule has 0 aromatic carbocycles. The molecule has 0 aliphatic carbocycles. The normalized spacial score (nSPS) is 24.9. The number of hydrogen-bond donors (Lipinski definition) is 1. The summed E-state index contributed by atoms with van der Waals surface area (Å²) in [5.41, 5.74) is 0. The van der Waals surface area contributed by atoms with E-state index < -0.39 is 0 Å². The van der Waals surface area contributed by atoms with Crippen molar-refractivity contribution in [1.82, 2.24) is 5.32 Å². The van der Waals surface area contributed by atoms with E-state index in [0.717, 1.165) is 38.6 Å². The molecule has 0 radical (unpaired) electrons. The summed E-state index contributed by atoms with van der Waals surface area (Å²) in [5, 5.41) is 3.76. The van der Waals surface area contributed by atoms with E-state index in [-0.39, 0.29) is 0 Å². The van der Waals surface area contributed by atoms with Gasteiger partial charge in [-0.25, -0.2) is 0 Å². The van der Waals surface area contributed by atoms with E-state index in [2.05, 4.69) is 5.32 Å². The third-order valence-corrected chi connectivity index (χ3v) is 2.63. The van der Waals surface area contributed by atoms with Crippen molar-refractivity contribution >= 4 is 11.6 Å². The molecule has 1 heterocycles. The second kappa shape index (κ2) is 6.63. The van der Waals surface area contributed by atoms with Crippen LogP contribution < -0.4 is 5.32 Å². The Kier molecular flexibility index (Phi) is 5.76. The van der Waals surface area contributed by atoms with Gasteiger partial charge in [0, 0.05) is 18.5 Å². The van der Waals surface area contributed by atoms with E-state index in [1.165, 1.54) is 12.8 Å². The van der Waals surface area contributed by atoms with Crippen LogP contribution >= 0.6 is 11.6 Å². The Morgan fingerprint density at radius 2 is 2.46 bits per heavy atom. The highest BCUT2D eigenvalue weighted by Crippen LogP contribution is 2.10. The van der Waals surface area contributed by atoms with Gasteiger partial charge >= 0.3 is 0 Å². The number of ether oxygens (including phenoxy) is 1. The van der Waals surface area contributed by atoms with Gasteiger partial charge in [-0.05, 0) is 38.6 Å². The second-order valence-corrected chi connectivity index (χ2v) is 4.60. The summed E-state index contributed by atoms with van der Waals surface area (Å²) in [6.45, 7) is 6.14. The van der Waals surface area contributed by atoms with E-state index >= 15 is 0 Å². The summed E-state index contributed by atoms with van der Waals surface area (Å²) in [5.74, 6) is 0.744. The minimum Gasteiger partial charge on any atom is -0.381 e. The predicted molar refractivity (Wildman–Crippen MR) is 56.3 cm³/mol. The fourth-order valence-electron chi connectivity index (χ4n) is 1.56. The molecule has 0 bridgehead atoms. The van der Waals surface area contributed by atoms with Crippen molar-refractivity contribution in [2.24, 2.45) is 5.92 Å². The maximum atomic E-state index is 5.84. The number of rotatable bonds is 6. The van der Waals surface area contributed by atoms with Crippen LogP contribution in [0.1, 0.15) is 26.2 Å². The van der Waals surface area contributed by atoms with E-state index in [9.17, 15) is 0 Å². The topological polar surface area (TPSA) is 21.3 Å². The van der Waals surface area contributed by atoms with Crippen LogP contribution in [0.4, 0.5) is 0 Å². The number of alkyl halides is 1. The summed E-state index contributed by atoms with van der Waals surface area (Å²) in [6, 6.07) is 0. The van der Waals surface area contributed by atoms with Crippen molar-refractivity contribution in [3.05, 3.63) is 0 Å². The minimum absolute atomic E-state index is 0.316. The molecule has 1 rings (SSSR count). The first-order valence-electron chi connectivity index (χ1n) is 5.21. The zero-order valence-electron chi connectivity index (χ0n) is 8.39. The maximum absolute atomic E-state index is 5.84. The summed E-state index contributed by atoms with van der Waals surface area (Å²) < 4.78 is 5.29. The highest BCUT2D eigenvalue weighted by atomic mass is 35.5. The molecule has 1 aliphatic heterocycles. The van der Waals surface area contributed by atoms with Gasteiger partial charge in [-0.2, -0.15) is 0 Å². The fraction of sp³-hybridized carbons (Fsp3) is 1.00. The Hall–Kier alpha value is 0.210. The van der Waals surface area contributed by atoms with Crippen molar-refractivity contribution in [3.8, 4) is 0 Å². The van der Waals surface area contributed by atoms with Gasteiger partial charge in [-0.1, -0.05) is 0 Å². The Morgan fingerprint density at radius 3 is 3.08 bits per heavy atom. The molecule has 2 atom stereocenters. The molecule has 1 N–H and O–H groups in total. The molecule has 1 aliphatic rings. The van der Waals surface area contributed by atoms with Crippen LogP contribution in [-0.2, 0) is 4.74 Å². The average Bonchev–Trinajstić information content (AvgIpc) is 2.55. The van der Waals surface area contributed by atoms with Crippen molar-refractivity contribution < 1.29 is 4.74 Å². The van der Waals surface area contributed by atoms with Crippen molar-refractivity contribution in [3.63, 3.8) is 0 Å². The first-order chi connectivity index (χ1) is 6.29. The van der Waals surface area contributed by atoms with Crippen LogP contribution in [0.25, 0.3) is 0 Å². The van der Waals surface area contributed by atoms with Crippen molar-refractivity contribution in [2.75, 3.05) is 26.3 Å². The maximum Gasteiger partial charge on any atom is 0.0507 e. The third-order valence-electron chi connectivity index (χ3n) is 2.41. The van der Waals surface area contributed by atoms with Gasteiger partial charge in [0.15, 0.2) is 0 Å². The lowest BCUT2D eigenvalue weighted by Crippen LogP contribution is -2.24. The average molecular weight is 206 g/mol. The van der Waals surface area contributed by atoms with Gasteiger partial charge < -0.3 is 10.1 Å². The third kappa shape index (κ3) is 5.50. The van der Waals surface area contributed by atoms with Crippen LogP contribution in [0, 0.1) is 5.92 Å². The lowest BCUT2D eigenvalue weighted by Gasteiger charge is -2.09. The van der Waals surface area contributed by atoms with E-state index in [1.807, 2.05) is 6.92 Å².